The zero-order valence-electron chi connectivity index (χ0n) is 12.2. The second-order valence-corrected chi connectivity index (χ2v) is 5.44. The smallest absolute Gasteiger partial charge is 0.416 e. The molecule has 1 aliphatic heterocycles. The van der Waals surface area contributed by atoms with Crippen LogP contribution in [0, 0.1) is 5.82 Å². The van der Waals surface area contributed by atoms with Crippen molar-refractivity contribution in [2.75, 3.05) is 26.2 Å². The van der Waals surface area contributed by atoms with E-state index in [2.05, 4.69) is 5.32 Å². The summed E-state index contributed by atoms with van der Waals surface area (Å²) in [6.07, 6.45) is -3.07. The summed E-state index contributed by atoms with van der Waals surface area (Å²) in [6, 6.07) is 5.15. The van der Waals surface area contributed by atoms with Crippen molar-refractivity contribution in [1.29, 1.82) is 0 Å². The van der Waals surface area contributed by atoms with Crippen molar-refractivity contribution in [3.63, 3.8) is 0 Å². The van der Waals surface area contributed by atoms with Crippen LogP contribution in [0.4, 0.5) is 17.6 Å². The van der Waals surface area contributed by atoms with Gasteiger partial charge in [-0.25, -0.2) is 4.39 Å². The van der Waals surface area contributed by atoms with E-state index in [0.717, 1.165) is 18.2 Å². The van der Waals surface area contributed by atoms with Crippen molar-refractivity contribution >= 4 is 0 Å². The molecule has 7 heteroatoms. The topological polar surface area (TPSA) is 28.4 Å². The van der Waals surface area contributed by atoms with Gasteiger partial charge in [-0.3, -0.25) is 4.90 Å². The van der Waals surface area contributed by atoms with Gasteiger partial charge in [0.25, 0.3) is 0 Å². The van der Waals surface area contributed by atoms with Gasteiger partial charge in [0.15, 0.2) is 0 Å². The van der Waals surface area contributed by atoms with Crippen molar-refractivity contribution in [1.82, 2.24) is 10.2 Å². The van der Waals surface area contributed by atoms with E-state index < -0.39 is 23.6 Å². The minimum absolute atomic E-state index is 0.0170. The first-order chi connectivity index (χ1) is 11.0. The number of alkyl halides is 3. The summed E-state index contributed by atoms with van der Waals surface area (Å²) in [7, 11) is 0. The standard InChI is InChI=1S/C16H16F4N2O/c17-13-4-3-11(16(18,19)20)10-12(13)15(14-2-1-9-23-14)22-7-5-21-6-8-22/h1-4,9-10,15,21H,5-8H2/t15-/m1/s1. The lowest BCUT2D eigenvalue weighted by atomic mass is 9.98. The summed E-state index contributed by atoms with van der Waals surface area (Å²) in [5.41, 5.74) is -0.878. The minimum atomic E-state index is -4.51. The first-order valence-electron chi connectivity index (χ1n) is 7.31. The van der Waals surface area contributed by atoms with Crippen LogP contribution in [0.5, 0.6) is 0 Å². The third-order valence-electron chi connectivity index (χ3n) is 3.95. The van der Waals surface area contributed by atoms with Crippen LogP contribution in [0.1, 0.15) is 22.9 Å². The minimum Gasteiger partial charge on any atom is -0.467 e. The molecule has 23 heavy (non-hydrogen) atoms. The Hall–Kier alpha value is -1.86. The highest BCUT2D eigenvalue weighted by atomic mass is 19.4. The second-order valence-electron chi connectivity index (χ2n) is 5.44. The van der Waals surface area contributed by atoms with Crippen LogP contribution in [0.15, 0.2) is 41.0 Å². The number of nitrogens with one attached hydrogen (secondary N) is 1. The molecule has 1 aliphatic rings. The Morgan fingerprint density at radius 1 is 1.13 bits per heavy atom. The molecular formula is C16H16F4N2O. The van der Waals surface area contributed by atoms with E-state index in [4.69, 9.17) is 4.42 Å². The third kappa shape index (κ3) is 3.40. The Balaban J connectivity index is 2.06. The van der Waals surface area contributed by atoms with Crippen molar-refractivity contribution in [2.45, 2.75) is 12.2 Å². The maximum absolute atomic E-state index is 14.3. The molecule has 0 spiro atoms. The van der Waals surface area contributed by atoms with Crippen molar-refractivity contribution < 1.29 is 22.0 Å². The maximum Gasteiger partial charge on any atom is 0.416 e. The largest absolute Gasteiger partial charge is 0.467 e. The van der Waals surface area contributed by atoms with Crippen LogP contribution in [0.25, 0.3) is 0 Å². The van der Waals surface area contributed by atoms with Crippen LogP contribution in [0.3, 0.4) is 0 Å². The molecule has 1 fully saturated rings. The van der Waals surface area contributed by atoms with Gasteiger partial charge in [-0.15, -0.1) is 0 Å². The quantitative estimate of drug-likeness (QED) is 0.875. The number of halogens is 4. The van der Waals surface area contributed by atoms with Gasteiger partial charge in [0.2, 0.25) is 0 Å². The fourth-order valence-electron chi connectivity index (χ4n) is 2.85. The number of nitrogens with zero attached hydrogens (tertiary/aromatic N) is 1. The molecule has 1 N–H and O–H groups in total. The van der Waals surface area contributed by atoms with E-state index >= 15 is 0 Å². The predicted octanol–water partition coefficient (Wildman–Crippen LogP) is 3.43. The molecule has 1 aromatic carbocycles. The van der Waals surface area contributed by atoms with Gasteiger partial charge < -0.3 is 9.73 Å². The molecule has 0 radical (unpaired) electrons. The number of piperazine rings is 1. The molecule has 0 saturated carbocycles. The van der Waals surface area contributed by atoms with Gasteiger partial charge in [0.1, 0.15) is 11.6 Å². The third-order valence-corrected chi connectivity index (χ3v) is 3.95. The summed E-state index contributed by atoms with van der Waals surface area (Å²) in [5, 5.41) is 3.17. The normalized spacial score (nSPS) is 18.1. The van der Waals surface area contributed by atoms with Crippen LogP contribution in [-0.4, -0.2) is 31.1 Å². The highest BCUT2D eigenvalue weighted by molar-refractivity contribution is 5.33. The van der Waals surface area contributed by atoms with Gasteiger partial charge in [0, 0.05) is 31.7 Å². The summed E-state index contributed by atoms with van der Waals surface area (Å²) in [4.78, 5) is 1.92. The van der Waals surface area contributed by atoms with E-state index in [1.54, 1.807) is 12.1 Å². The molecule has 0 amide bonds. The second kappa shape index (κ2) is 6.33. The Bertz CT molecular complexity index is 649. The molecular weight excluding hydrogens is 312 g/mol. The SMILES string of the molecule is Fc1ccc(C(F)(F)F)cc1[C@H](c1ccco1)N1CCNCC1. The molecule has 2 aromatic rings. The number of benzene rings is 1. The van der Waals surface area contributed by atoms with Gasteiger partial charge in [0.05, 0.1) is 17.9 Å². The molecule has 1 aromatic heterocycles. The molecule has 3 rings (SSSR count). The van der Waals surface area contributed by atoms with E-state index in [1.807, 2.05) is 4.90 Å². The molecule has 3 nitrogen and oxygen atoms in total. The molecule has 1 atom stereocenters. The number of hydrogen-bond acceptors (Lipinski definition) is 3. The average molecular weight is 328 g/mol. The zero-order valence-corrected chi connectivity index (χ0v) is 12.2. The van der Waals surface area contributed by atoms with Gasteiger partial charge in [-0.1, -0.05) is 0 Å². The van der Waals surface area contributed by atoms with Crippen LogP contribution < -0.4 is 5.32 Å². The lowest BCUT2D eigenvalue weighted by Gasteiger charge is -2.34. The first-order valence-corrected chi connectivity index (χ1v) is 7.31. The highest BCUT2D eigenvalue weighted by Crippen LogP contribution is 2.36. The Labute approximate surface area is 130 Å². The summed E-state index contributed by atoms with van der Waals surface area (Å²) in [5.74, 6) is -0.233. The van der Waals surface area contributed by atoms with Crippen LogP contribution in [-0.2, 0) is 6.18 Å². The summed E-state index contributed by atoms with van der Waals surface area (Å²) < 4.78 is 58.6. The monoisotopic (exact) mass is 328 g/mol. The molecule has 2 heterocycles. The van der Waals surface area contributed by atoms with Gasteiger partial charge in [-0.05, 0) is 30.3 Å². The van der Waals surface area contributed by atoms with Crippen molar-refractivity contribution in [2.24, 2.45) is 0 Å². The summed E-state index contributed by atoms with van der Waals surface area (Å²) in [6.45, 7) is 2.58. The zero-order chi connectivity index (χ0) is 16.4. The fraction of sp³-hybridized carbons (Fsp3) is 0.375. The Morgan fingerprint density at radius 3 is 2.48 bits per heavy atom. The van der Waals surface area contributed by atoms with E-state index in [0.29, 0.717) is 31.9 Å². The van der Waals surface area contributed by atoms with E-state index in [1.165, 1.54) is 6.26 Å². The summed E-state index contributed by atoms with van der Waals surface area (Å²) >= 11 is 0. The van der Waals surface area contributed by atoms with Gasteiger partial charge in [-0.2, -0.15) is 13.2 Å². The lowest BCUT2D eigenvalue weighted by Crippen LogP contribution is -2.45. The maximum atomic E-state index is 14.3. The molecule has 124 valence electrons. The van der Waals surface area contributed by atoms with Crippen LogP contribution in [0.2, 0.25) is 0 Å². The Morgan fingerprint density at radius 2 is 1.87 bits per heavy atom. The number of hydrogen-bond donors (Lipinski definition) is 1. The van der Waals surface area contributed by atoms with Crippen molar-refractivity contribution in [3.05, 3.63) is 59.3 Å². The molecule has 0 aliphatic carbocycles. The highest BCUT2D eigenvalue weighted by Gasteiger charge is 2.34. The molecule has 1 saturated heterocycles. The van der Waals surface area contributed by atoms with E-state index in [-0.39, 0.29) is 5.56 Å². The van der Waals surface area contributed by atoms with Gasteiger partial charge >= 0.3 is 6.18 Å². The van der Waals surface area contributed by atoms with Crippen LogP contribution >= 0.6 is 0 Å². The van der Waals surface area contributed by atoms with E-state index in [9.17, 15) is 17.6 Å². The molecule has 0 unspecified atom stereocenters. The Kier molecular flexibility index (Phi) is 4.41. The fourth-order valence-corrected chi connectivity index (χ4v) is 2.85. The lowest BCUT2D eigenvalue weighted by molar-refractivity contribution is -0.137. The van der Waals surface area contributed by atoms with Crippen molar-refractivity contribution in [3.8, 4) is 0 Å². The molecule has 0 bridgehead atoms. The first kappa shape index (κ1) is 16.0. The number of furan rings is 1. The average Bonchev–Trinajstić information content (AvgIpc) is 3.03. The predicted molar refractivity (Wildman–Crippen MR) is 76.4 cm³/mol. The number of rotatable bonds is 3.